The molecule has 0 spiro atoms. The molecule has 214 valence electrons. The summed E-state index contributed by atoms with van der Waals surface area (Å²) in [6.07, 6.45) is 1.20. The average molecular weight is 731 g/mol. The smallest absolute Gasteiger partial charge is 0.365 e. The topological polar surface area (TPSA) is 53.5 Å². The monoisotopic (exact) mass is 730 g/mol. The molecule has 2 heterocycles. The fraction of sp³-hybridized carbons (Fsp3) is 0.391. The molecule has 0 atom stereocenters. The Labute approximate surface area is 270 Å². The van der Waals surface area contributed by atoms with Crippen molar-refractivity contribution in [3.8, 4) is 0 Å². The minimum absolute atomic E-state index is 0.631. The van der Waals surface area contributed by atoms with Crippen LogP contribution in [0.3, 0.4) is 0 Å². The van der Waals surface area contributed by atoms with Gasteiger partial charge in [-0.25, -0.2) is 9.97 Å². The highest BCUT2D eigenvalue weighted by atomic mass is 33.7. The third kappa shape index (κ3) is 12.3. The summed E-state index contributed by atoms with van der Waals surface area (Å²) in [7, 11) is 11.4. The molecule has 0 amide bonds. The predicted octanol–water partition coefficient (Wildman–Crippen LogP) is 11.6. The summed E-state index contributed by atoms with van der Waals surface area (Å²) in [6, 6.07) is 16.5. The Balaban J connectivity index is 0.000000225. The van der Waals surface area contributed by atoms with Crippen LogP contribution < -0.4 is 0 Å². The van der Waals surface area contributed by atoms with Gasteiger partial charge in [-0.1, -0.05) is 42.0 Å². The largest absolute Gasteiger partial charge is 0.585 e. The van der Waals surface area contributed by atoms with Gasteiger partial charge in [-0.05, 0) is 123 Å². The zero-order valence-corrected chi connectivity index (χ0v) is 31.0. The Morgan fingerprint density at radius 1 is 0.667 bits per heavy atom. The van der Waals surface area contributed by atoms with E-state index in [1.165, 1.54) is 21.6 Å². The quantitative estimate of drug-likeness (QED) is 0.0589. The van der Waals surface area contributed by atoms with Gasteiger partial charge in [0.15, 0.2) is 8.68 Å². The third-order valence-corrected chi connectivity index (χ3v) is 25.9. The number of aromatic nitrogens is 2. The molecule has 0 aliphatic rings. The van der Waals surface area contributed by atoms with Crippen LogP contribution in [0.25, 0.3) is 20.4 Å². The molecular weight excluding hydrogens is 701 g/mol. The van der Waals surface area contributed by atoms with E-state index in [0.717, 1.165) is 19.7 Å². The maximum absolute atomic E-state index is 5.73. The predicted molar refractivity (Wildman–Crippen MR) is 192 cm³/mol. The molecule has 0 fully saturated rings. The highest BCUT2D eigenvalue weighted by molar-refractivity contribution is 9.28. The van der Waals surface area contributed by atoms with Crippen molar-refractivity contribution in [3.05, 3.63) is 48.5 Å². The van der Waals surface area contributed by atoms with E-state index in [1.54, 1.807) is 93.8 Å². The summed E-state index contributed by atoms with van der Waals surface area (Å²) in [5.74, 6) is 1.17. The number of thiazole rings is 2. The summed E-state index contributed by atoms with van der Waals surface area (Å²) in [5, 5.41) is 0. The summed E-state index contributed by atoms with van der Waals surface area (Å²) in [6.45, 7) is 10.0. The summed E-state index contributed by atoms with van der Waals surface area (Å²) < 4.78 is 21.9. The molecular formula is C23H30N2O3S10Si. The lowest BCUT2D eigenvalue weighted by Crippen LogP contribution is -2.42. The minimum Gasteiger partial charge on any atom is -0.365 e. The fourth-order valence-electron chi connectivity index (χ4n) is 2.78. The molecule has 0 saturated heterocycles. The van der Waals surface area contributed by atoms with Gasteiger partial charge in [-0.3, -0.25) is 0 Å². The molecule has 4 aromatic rings. The van der Waals surface area contributed by atoms with Crippen molar-refractivity contribution in [3.63, 3.8) is 0 Å². The van der Waals surface area contributed by atoms with E-state index in [9.17, 15) is 0 Å². The van der Waals surface area contributed by atoms with Crippen LogP contribution in [0.2, 0.25) is 0 Å². The van der Waals surface area contributed by atoms with E-state index < -0.39 is 7.95 Å². The van der Waals surface area contributed by atoms with Crippen LogP contribution in [0.1, 0.15) is 34.1 Å². The van der Waals surface area contributed by atoms with Crippen LogP contribution in [-0.2, 0) is 13.3 Å². The molecule has 0 aliphatic carbocycles. The van der Waals surface area contributed by atoms with Crippen LogP contribution in [0.5, 0.6) is 0 Å². The highest BCUT2D eigenvalue weighted by Gasteiger charge is 2.43. The van der Waals surface area contributed by atoms with Crippen LogP contribution in [0.4, 0.5) is 0 Å². The number of hydrogen-bond donors (Lipinski definition) is 0. The van der Waals surface area contributed by atoms with E-state index in [1.807, 2.05) is 43.7 Å². The lowest BCUT2D eigenvalue weighted by atomic mass is 10.3. The summed E-state index contributed by atoms with van der Waals surface area (Å²) in [4.78, 5) is 9.23. The standard InChI is InChI=1S/C14H8N2S6.C9H22O3S4Si/c1-3-7-11-9(5-1)15-13(17-11)19-21-22-20-14-16-10-6-2-4-8-12(10)18-14;1-5-9-13-14-15-16-17(10-6-2,11-7-3)12-8-4/h1-8H;5-9H2,1-4H3. The fourth-order valence-corrected chi connectivity index (χ4v) is 25.4. The Bertz CT molecular complexity index is 1070. The SMILES string of the molecule is CCCSSSS[Si](OCC)(OCC)OCC.c1ccc2sc(SSSSc3nc4ccccc4s3)nc2c1. The Morgan fingerprint density at radius 3 is 1.59 bits per heavy atom. The molecule has 4 rings (SSSR count). The maximum Gasteiger partial charge on any atom is 0.585 e. The highest BCUT2D eigenvalue weighted by Crippen LogP contribution is 2.51. The van der Waals surface area contributed by atoms with Crippen LogP contribution in [0.15, 0.2) is 57.2 Å². The van der Waals surface area contributed by atoms with Gasteiger partial charge >= 0.3 is 7.95 Å². The van der Waals surface area contributed by atoms with E-state index in [-0.39, 0.29) is 0 Å². The van der Waals surface area contributed by atoms with Crippen molar-refractivity contribution in [2.24, 2.45) is 0 Å². The van der Waals surface area contributed by atoms with E-state index in [4.69, 9.17) is 13.3 Å². The zero-order valence-electron chi connectivity index (χ0n) is 21.9. The Morgan fingerprint density at radius 2 is 1.15 bits per heavy atom. The maximum atomic E-state index is 5.73. The number of hydrogen-bond acceptors (Lipinski definition) is 15. The number of nitrogens with zero attached hydrogens (tertiary/aromatic N) is 2. The molecule has 0 aliphatic heterocycles. The minimum atomic E-state index is -2.51. The van der Waals surface area contributed by atoms with Crippen molar-refractivity contribution >= 4 is 133 Å². The van der Waals surface area contributed by atoms with Gasteiger partial charge < -0.3 is 13.3 Å². The zero-order chi connectivity index (χ0) is 27.8. The molecule has 2 aromatic carbocycles. The Kier molecular flexibility index (Phi) is 17.9. The van der Waals surface area contributed by atoms with Gasteiger partial charge in [0, 0.05) is 25.6 Å². The van der Waals surface area contributed by atoms with Gasteiger partial charge in [0.05, 0.1) is 20.4 Å². The molecule has 39 heavy (non-hydrogen) atoms. The molecule has 5 nitrogen and oxygen atoms in total. The normalized spacial score (nSPS) is 11.7. The molecule has 16 heteroatoms. The van der Waals surface area contributed by atoms with Crippen LogP contribution in [-0.4, -0.2) is 43.5 Å². The third-order valence-electron chi connectivity index (χ3n) is 4.25. The first-order valence-electron chi connectivity index (χ1n) is 12.1. The molecule has 0 unspecified atom stereocenters. The first kappa shape index (κ1) is 34.6. The molecule has 0 radical (unpaired) electrons. The van der Waals surface area contributed by atoms with Crippen molar-refractivity contribution in [2.75, 3.05) is 25.6 Å². The van der Waals surface area contributed by atoms with Gasteiger partial charge in [-0.15, -0.1) is 22.7 Å². The summed E-state index contributed by atoms with van der Waals surface area (Å²) >= 11 is 3.49. The van der Waals surface area contributed by atoms with Crippen LogP contribution >= 0.6 is 105 Å². The molecule has 0 bridgehead atoms. The first-order valence-corrected chi connectivity index (χ1v) is 26.0. The Hall–Kier alpha value is 1.12. The molecule has 0 saturated carbocycles. The van der Waals surface area contributed by atoms with E-state index in [2.05, 4.69) is 53.3 Å². The van der Waals surface area contributed by atoms with E-state index >= 15 is 0 Å². The lowest BCUT2D eigenvalue weighted by molar-refractivity contribution is 0.0971. The van der Waals surface area contributed by atoms with Gasteiger partial charge in [0.2, 0.25) is 0 Å². The van der Waals surface area contributed by atoms with Crippen molar-refractivity contribution in [1.82, 2.24) is 9.97 Å². The first-order chi connectivity index (χ1) is 19.1. The second kappa shape index (κ2) is 20.1. The second-order valence-corrected chi connectivity index (χ2v) is 25.7. The van der Waals surface area contributed by atoms with Crippen molar-refractivity contribution in [1.29, 1.82) is 0 Å². The van der Waals surface area contributed by atoms with Crippen molar-refractivity contribution < 1.29 is 13.3 Å². The average Bonchev–Trinajstić information content (AvgIpc) is 3.55. The number of para-hydroxylation sites is 2. The number of rotatable bonds is 17. The second-order valence-electron chi connectivity index (χ2n) is 7.04. The van der Waals surface area contributed by atoms with Crippen LogP contribution in [0, 0.1) is 0 Å². The summed E-state index contributed by atoms with van der Waals surface area (Å²) in [5.41, 5.74) is 2.17. The molecule has 2 aromatic heterocycles. The lowest BCUT2D eigenvalue weighted by Gasteiger charge is -2.25. The number of fused-ring (bicyclic) bond motifs is 2. The van der Waals surface area contributed by atoms with E-state index in [0.29, 0.717) is 19.8 Å². The molecule has 0 N–H and O–H groups in total. The number of benzene rings is 2. The van der Waals surface area contributed by atoms with Gasteiger partial charge in [-0.2, -0.15) is 0 Å². The van der Waals surface area contributed by atoms with Gasteiger partial charge in [0.1, 0.15) is 0 Å². The van der Waals surface area contributed by atoms with Gasteiger partial charge in [0.25, 0.3) is 0 Å². The van der Waals surface area contributed by atoms with Crippen molar-refractivity contribution in [2.45, 2.75) is 42.8 Å².